The summed E-state index contributed by atoms with van der Waals surface area (Å²) in [4.78, 5) is 56.9. The van der Waals surface area contributed by atoms with Crippen molar-refractivity contribution in [3.63, 3.8) is 0 Å². The number of imidazole rings is 1. The number of aromatic nitrogens is 3. The molecular formula is C25H28N6O5. The molecule has 1 fully saturated rings. The number of carbonyl (C=O) groups is 3. The number of nitrogens with zero attached hydrogens (tertiary/aromatic N) is 5. The first-order valence-electron chi connectivity index (χ1n) is 12.1. The number of pyridine rings is 1. The summed E-state index contributed by atoms with van der Waals surface area (Å²) in [6.45, 7) is 3.13. The van der Waals surface area contributed by atoms with E-state index in [2.05, 4.69) is 5.32 Å². The van der Waals surface area contributed by atoms with Crippen LogP contribution in [0.15, 0.2) is 41.3 Å². The minimum atomic E-state index is -1.01. The third kappa shape index (κ3) is 4.32. The number of fused-ring (bicyclic) bond motifs is 3. The fourth-order valence-electron chi connectivity index (χ4n) is 5.09. The quantitative estimate of drug-likeness (QED) is 0.551. The molecule has 3 aromatic rings. The Morgan fingerprint density at radius 1 is 1.19 bits per heavy atom. The number of nitrogens with one attached hydrogen (secondary N) is 1. The van der Waals surface area contributed by atoms with E-state index in [-0.39, 0.29) is 36.5 Å². The lowest BCUT2D eigenvalue weighted by molar-refractivity contribution is -0.138. The topological polar surface area (TPSA) is 130 Å². The number of carbonyl (C=O) groups excluding carboxylic acids is 2. The summed E-state index contributed by atoms with van der Waals surface area (Å²) in [5, 5.41) is 12.5. The Hall–Kier alpha value is -4.15. The average molecular weight is 493 g/mol. The molecule has 1 atom stereocenters. The summed E-state index contributed by atoms with van der Waals surface area (Å²) in [5.41, 5.74) is 2.74. The molecular weight excluding hydrogens is 464 g/mol. The highest BCUT2D eigenvalue weighted by Gasteiger charge is 2.31. The van der Waals surface area contributed by atoms with Crippen molar-refractivity contribution in [2.45, 2.75) is 45.3 Å². The second-order valence-corrected chi connectivity index (χ2v) is 9.23. The van der Waals surface area contributed by atoms with Gasteiger partial charge in [-0.05, 0) is 38.0 Å². The molecule has 5 rings (SSSR count). The predicted octanol–water partition coefficient (Wildman–Crippen LogP) is 1.22. The molecule has 0 saturated carbocycles. The van der Waals surface area contributed by atoms with Crippen LogP contribution in [-0.2, 0) is 35.5 Å². The maximum absolute atomic E-state index is 13.2. The fraction of sp³-hybridized carbons (Fsp3) is 0.400. The van der Waals surface area contributed by atoms with E-state index in [1.807, 2.05) is 17.6 Å². The van der Waals surface area contributed by atoms with Gasteiger partial charge in [0.05, 0.1) is 23.3 Å². The number of piperazine rings is 1. The molecule has 0 bridgehead atoms. The van der Waals surface area contributed by atoms with Gasteiger partial charge >= 0.3 is 6.09 Å². The molecule has 0 aliphatic carbocycles. The van der Waals surface area contributed by atoms with Crippen LogP contribution in [-0.4, -0.2) is 67.7 Å². The van der Waals surface area contributed by atoms with Gasteiger partial charge in [-0.2, -0.15) is 0 Å². The first kappa shape index (κ1) is 23.6. The molecule has 0 radical (unpaired) electrons. The van der Waals surface area contributed by atoms with Gasteiger partial charge in [-0.3, -0.25) is 19.3 Å². The average Bonchev–Trinajstić information content (AvgIpc) is 3.20. The number of anilines is 1. The summed E-state index contributed by atoms with van der Waals surface area (Å²) in [5.74, 6) is 0.246. The first-order valence-corrected chi connectivity index (χ1v) is 12.1. The summed E-state index contributed by atoms with van der Waals surface area (Å²) < 4.78 is 3.42. The Kier molecular flexibility index (Phi) is 6.21. The van der Waals surface area contributed by atoms with Crippen LogP contribution in [0, 0.1) is 0 Å². The zero-order chi connectivity index (χ0) is 25.4. The third-order valence-corrected chi connectivity index (χ3v) is 6.96. The van der Waals surface area contributed by atoms with Gasteiger partial charge in [0.25, 0.3) is 5.56 Å². The van der Waals surface area contributed by atoms with Gasteiger partial charge in [-0.1, -0.05) is 6.07 Å². The summed E-state index contributed by atoms with van der Waals surface area (Å²) in [6.07, 6.45) is 2.44. The van der Waals surface area contributed by atoms with E-state index in [0.29, 0.717) is 55.9 Å². The lowest BCUT2D eigenvalue weighted by Crippen LogP contribution is -2.50. The van der Waals surface area contributed by atoms with Gasteiger partial charge in [-0.25, -0.2) is 9.78 Å². The van der Waals surface area contributed by atoms with Crippen LogP contribution in [0.3, 0.4) is 0 Å². The van der Waals surface area contributed by atoms with Crippen molar-refractivity contribution in [3.05, 3.63) is 58.3 Å². The Labute approximate surface area is 206 Å². The van der Waals surface area contributed by atoms with Crippen molar-refractivity contribution in [1.82, 2.24) is 24.3 Å². The van der Waals surface area contributed by atoms with E-state index in [9.17, 15) is 24.3 Å². The summed E-state index contributed by atoms with van der Waals surface area (Å²) in [6, 6.07) is 8.40. The Balaban J connectivity index is 1.55. The van der Waals surface area contributed by atoms with Crippen LogP contribution < -0.4 is 15.8 Å². The van der Waals surface area contributed by atoms with Crippen molar-refractivity contribution in [3.8, 4) is 0 Å². The Morgan fingerprint density at radius 3 is 2.78 bits per heavy atom. The van der Waals surface area contributed by atoms with Gasteiger partial charge in [0.2, 0.25) is 11.8 Å². The number of amides is 3. The van der Waals surface area contributed by atoms with Gasteiger partial charge in [-0.15, -0.1) is 0 Å². The number of carboxylic acid groups (broad SMARTS) is 1. The molecule has 0 unspecified atom stereocenters. The molecule has 36 heavy (non-hydrogen) atoms. The van der Waals surface area contributed by atoms with E-state index in [1.165, 1.54) is 15.9 Å². The molecule has 1 aromatic carbocycles. The molecule has 2 N–H and O–H groups in total. The Morgan fingerprint density at radius 2 is 2.03 bits per heavy atom. The minimum absolute atomic E-state index is 0.000631. The molecule has 2 aliphatic rings. The van der Waals surface area contributed by atoms with E-state index in [0.717, 1.165) is 11.1 Å². The highest BCUT2D eigenvalue weighted by atomic mass is 16.4. The monoisotopic (exact) mass is 492 g/mol. The second-order valence-electron chi connectivity index (χ2n) is 9.23. The van der Waals surface area contributed by atoms with Crippen LogP contribution in [0.25, 0.3) is 11.0 Å². The van der Waals surface area contributed by atoms with E-state index >= 15 is 0 Å². The summed E-state index contributed by atoms with van der Waals surface area (Å²) in [7, 11) is 0. The van der Waals surface area contributed by atoms with Crippen LogP contribution in [0.1, 0.15) is 24.7 Å². The fourth-order valence-corrected chi connectivity index (χ4v) is 5.09. The van der Waals surface area contributed by atoms with Crippen molar-refractivity contribution in [2.75, 3.05) is 24.5 Å². The van der Waals surface area contributed by atoms with E-state index in [4.69, 9.17) is 4.98 Å². The van der Waals surface area contributed by atoms with Crippen molar-refractivity contribution in [2.24, 2.45) is 0 Å². The standard InChI is InChI=1S/C25H28N6O5/c1-16-5-6-17-18(31(16)25(35)36)7-8-19-24(17)27-20(9-12-28-11-3-2-4-22(28)33)30(19)15-23(34)29-13-10-26-21(32)14-29/h2-4,7-8,11,16H,5-6,9-10,12-15H2,1H3,(H,26,32)(H,35,36)/t16-/m0/s1. The number of rotatable bonds is 5. The number of hydrogen-bond donors (Lipinski definition) is 2. The lowest BCUT2D eigenvalue weighted by atomic mass is 9.96. The molecule has 11 nitrogen and oxygen atoms in total. The van der Waals surface area contributed by atoms with Gasteiger partial charge in [0.15, 0.2) is 0 Å². The summed E-state index contributed by atoms with van der Waals surface area (Å²) >= 11 is 0. The molecule has 2 aliphatic heterocycles. The number of aryl methyl sites for hydroxylation is 3. The van der Waals surface area contributed by atoms with Gasteiger partial charge < -0.3 is 24.5 Å². The Bertz CT molecular complexity index is 1410. The second kappa shape index (κ2) is 9.48. The van der Waals surface area contributed by atoms with Gasteiger partial charge in [0, 0.05) is 49.9 Å². The van der Waals surface area contributed by atoms with Crippen LogP contribution in [0.2, 0.25) is 0 Å². The molecule has 3 amide bonds. The molecule has 4 heterocycles. The SMILES string of the molecule is C[C@H]1CCc2c(ccc3c2nc(CCn2ccccc2=O)n3CC(=O)N2CCNC(=O)C2)N1C(=O)O. The third-order valence-electron chi connectivity index (χ3n) is 6.96. The minimum Gasteiger partial charge on any atom is -0.465 e. The highest BCUT2D eigenvalue weighted by Crippen LogP contribution is 2.36. The van der Waals surface area contributed by atoms with Crippen LogP contribution in [0.4, 0.5) is 10.5 Å². The zero-order valence-corrected chi connectivity index (χ0v) is 20.0. The zero-order valence-electron chi connectivity index (χ0n) is 20.0. The number of benzene rings is 1. The van der Waals surface area contributed by atoms with Gasteiger partial charge in [0.1, 0.15) is 12.4 Å². The molecule has 188 valence electrons. The lowest BCUT2D eigenvalue weighted by Gasteiger charge is -2.33. The molecule has 1 saturated heterocycles. The van der Waals surface area contributed by atoms with Crippen LogP contribution in [0.5, 0.6) is 0 Å². The van der Waals surface area contributed by atoms with Crippen LogP contribution >= 0.6 is 0 Å². The van der Waals surface area contributed by atoms with Crippen molar-refractivity contribution in [1.29, 1.82) is 0 Å². The van der Waals surface area contributed by atoms with E-state index in [1.54, 1.807) is 29.0 Å². The smallest absolute Gasteiger partial charge is 0.412 e. The van der Waals surface area contributed by atoms with Crippen molar-refractivity contribution >= 4 is 34.6 Å². The number of hydrogen-bond acceptors (Lipinski definition) is 5. The molecule has 2 aromatic heterocycles. The molecule has 0 spiro atoms. The largest absolute Gasteiger partial charge is 0.465 e. The van der Waals surface area contributed by atoms with E-state index < -0.39 is 6.09 Å². The maximum Gasteiger partial charge on any atom is 0.412 e. The predicted molar refractivity (Wildman–Crippen MR) is 132 cm³/mol. The normalized spacial score (nSPS) is 17.7. The maximum atomic E-state index is 13.2. The highest BCUT2D eigenvalue weighted by molar-refractivity contribution is 5.95. The molecule has 11 heteroatoms. The first-order chi connectivity index (χ1) is 17.3. The van der Waals surface area contributed by atoms with Crippen molar-refractivity contribution < 1.29 is 19.5 Å².